The van der Waals surface area contributed by atoms with Crippen LogP contribution >= 0.6 is 0 Å². The largest absolute Gasteiger partial charge is 0.497 e. The maximum absolute atomic E-state index is 12.9. The van der Waals surface area contributed by atoms with Gasteiger partial charge in [0.1, 0.15) is 11.5 Å². The summed E-state index contributed by atoms with van der Waals surface area (Å²) < 4.78 is 10.7. The number of hydrogen-bond acceptors (Lipinski definition) is 4. The van der Waals surface area contributed by atoms with Gasteiger partial charge in [-0.2, -0.15) is 0 Å². The second-order valence-electron chi connectivity index (χ2n) is 7.61. The van der Waals surface area contributed by atoms with Crippen LogP contribution in [0.3, 0.4) is 0 Å². The van der Waals surface area contributed by atoms with E-state index in [0.717, 1.165) is 24.2 Å². The number of likely N-dealkylation sites (tertiary alicyclic amines) is 1. The molecule has 1 heterocycles. The number of nitrogens with zero attached hydrogens (tertiary/aromatic N) is 1. The van der Waals surface area contributed by atoms with Crippen molar-refractivity contribution in [2.75, 3.05) is 26.8 Å². The van der Waals surface area contributed by atoms with Gasteiger partial charge in [0.05, 0.1) is 12.5 Å². The van der Waals surface area contributed by atoms with Crippen LogP contribution in [0.4, 0.5) is 0 Å². The molecule has 1 atom stereocenters. The number of piperidine rings is 1. The molecule has 1 saturated heterocycles. The van der Waals surface area contributed by atoms with Crippen LogP contribution in [-0.4, -0.2) is 43.5 Å². The second-order valence-corrected chi connectivity index (χ2v) is 7.61. The Hall–Kier alpha value is -3.02. The van der Waals surface area contributed by atoms with E-state index in [1.165, 1.54) is 0 Å². The minimum atomic E-state index is -0.604. The number of carbonyl (C=O) groups excluding carboxylic acids is 2. The highest BCUT2D eigenvalue weighted by Gasteiger charge is 2.39. The Kier molecular flexibility index (Phi) is 6.75. The third kappa shape index (κ3) is 5.50. The van der Waals surface area contributed by atoms with E-state index in [-0.39, 0.29) is 18.4 Å². The maximum Gasteiger partial charge on any atom is 0.260 e. The summed E-state index contributed by atoms with van der Waals surface area (Å²) in [5.74, 6) is 1.32. The molecular weight excluding hydrogens is 368 g/mol. The van der Waals surface area contributed by atoms with Gasteiger partial charge in [0.2, 0.25) is 5.91 Å². The summed E-state index contributed by atoms with van der Waals surface area (Å²) in [4.78, 5) is 27.2. The molecule has 0 saturated carbocycles. The highest BCUT2D eigenvalue weighted by atomic mass is 16.5. The predicted octanol–water partition coefficient (Wildman–Crippen LogP) is 3.02. The van der Waals surface area contributed by atoms with Crippen LogP contribution in [0.25, 0.3) is 0 Å². The molecule has 6 nitrogen and oxygen atoms in total. The normalized spacial score (nSPS) is 18.8. The lowest BCUT2D eigenvalue weighted by molar-refractivity contribution is -0.142. The summed E-state index contributed by atoms with van der Waals surface area (Å²) >= 11 is 0. The van der Waals surface area contributed by atoms with Crippen molar-refractivity contribution in [3.63, 3.8) is 0 Å². The van der Waals surface area contributed by atoms with Crippen molar-refractivity contribution < 1.29 is 19.1 Å². The first-order valence-corrected chi connectivity index (χ1v) is 9.87. The van der Waals surface area contributed by atoms with E-state index in [4.69, 9.17) is 9.47 Å². The zero-order valence-corrected chi connectivity index (χ0v) is 17.0. The molecule has 0 radical (unpaired) electrons. The van der Waals surface area contributed by atoms with Gasteiger partial charge < -0.3 is 19.7 Å². The molecule has 2 aromatic rings. The minimum Gasteiger partial charge on any atom is -0.497 e. The summed E-state index contributed by atoms with van der Waals surface area (Å²) in [7, 11) is 1.62. The Balaban J connectivity index is 1.52. The van der Waals surface area contributed by atoms with E-state index in [0.29, 0.717) is 25.4 Å². The van der Waals surface area contributed by atoms with E-state index < -0.39 is 5.41 Å². The average molecular weight is 396 g/mol. The van der Waals surface area contributed by atoms with Crippen molar-refractivity contribution in [2.24, 2.45) is 5.41 Å². The maximum atomic E-state index is 12.9. The molecule has 1 aliphatic heterocycles. The Morgan fingerprint density at radius 2 is 1.79 bits per heavy atom. The molecule has 0 aliphatic carbocycles. The molecule has 29 heavy (non-hydrogen) atoms. The van der Waals surface area contributed by atoms with Gasteiger partial charge in [-0.05, 0) is 49.6 Å². The molecule has 2 amide bonds. The van der Waals surface area contributed by atoms with E-state index in [1.54, 1.807) is 12.0 Å². The van der Waals surface area contributed by atoms with Gasteiger partial charge in [0.25, 0.3) is 5.91 Å². The van der Waals surface area contributed by atoms with Gasteiger partial charge in [-0.15, -0.1) is 0 Å². The van der Waals surface area contributed by atoms with Crippen LogP contribution in [0.2, 0.25) is 0 Å². The smallest absolute Gasteiger partial charge is 0.260 e. The Morgan fingerprint density at radius 3 is 2.48 bits per heavy atom. The third-order valence-corrected chi connectivity index (χ3v) is 5.31. The fraction of sp³-hybridized carbons (Fsp3) is 0.391. The van der Waals surface area contributed by atoms with Crippen molar-refractivity contribution in [2.45, 2.75) is 26.3 Å². The molecule has 2 aromatic carbocycles. The van der Waals surface area contributed by atoms with Crippen LogP contribution in [0, 0.1) is 5.41 Å². The summed E-state index contributed by atoms with van der Waals surface area (Å²) in [6.07, 6.45) is 1.55. The van der Waals surface area contributed by atoms with E-state index >= 15 is 0 Å². The minimum absolute atomic E-state index is 0.0203. The first-order valence-electron chi connectivity index (χ1n) is 9.87. The molecule has 0 bridgehead atoms. The number of para-hydroxylation sites is 1. The molecule has 154 valence electrons. The number of amides is 2. The van der Waals surface area contributed by atoms with E-state index in [9.17, 15) is 9.59 Å². The Bertz CT molecular complexity index is 823. The van der Waals surface area contributed by atoms with Crippen molar-refractivity contribution in [3.05, 3.63) is 60.2 Å². The highest BCUT2D eigenvalue weighted by molar-refractivity contribution is 5.84. The van der Waals surface area contributed by atoms with Gasteiger partial charge in [-0.25, -0.2) is 0 Å². The Morgan fingerprint density at radius 1 is 1.07 bits per heavy atom. The van der Waals surface area contributed by atoms with Gasteiger partial charge in [-0.1, -0.05) is 30.3 Å². The third-order valence-electron chi connectivity index (χ3n) is 5.31. The van der Waals surface area contributed by atoms with E-state index in [1.807, 2.05) is 61.5 Å². The molecule has 1 N–H and O–H groups in total. The fourth-order valence-corrected chi connectivity index (χ4v) is 3.53. The average Bonchev–Trinajstić information content (AvgIpc) is 2.76. The lowest BCUT2D eigenvalue weighted by atomic mass is 9.81. The van der Waals surface area contributed by atoms with Crippen LogP contribution in [0.15, 0.2) is 54.6 Å². The highest BCUT2D eigenvalue weighted by Crippen LogP contribution is 2.30. The van der Waals surface area contributed by atoms with Crippen molar-refractivity contribution in [1.82, 2.24) is 10.2 Å². The molecule has 0 unspecified atom stereocenters. The van der Waals surface area contributed by atoms with Gasteiger partial charge >= 0.3 is 0 Å². The van der Waals surface area contributed by atoms with Gasteiger partial charge in [0, 0.05) is 19.6 Å². The number of methoxy groups -OCH3 is 1. The predicted molar refractivity (Wildman–Crippen MR) is 111 cm³/mol. The quantitative estimate of drug-likeness (QED) is 0.781. The monoisotopic (exact) mass is 396 g/mol. The summed E-state index contributed by atoms with van der Waals surface area (Å²) in [5, 5.41) is 3.02. The van der Waals surface area contributed by atoms with E-state index in [2.05, 4.69) is 5.32 Å². The van der Waals surface area contributed by atoms with Crippen molar-refractivity contribution in [1.29, 1.82) is 0 Å². The number of rotatable bonds is 7. The van der Waals surface area contributed by atoms with Crippen LogP contribution in [0.5, 0.6) is 11.5 Å². The van der Waals surface area contributed by atoms with Crippen LogP contribution in [-0.2, 0) is 16.1 Å². The molecule has 0 aromatic heterocycles. The number of carbonyl (C=O) groups is 2. The van der Waals surface area contributed by atoms with Gasteiger partial charge in [0.15, 0.2) is 6.61 Å². The van der Waals surface area contributed by atoms with Gasteiger partial charge in [-0.3, -0.25) is 9.59 Å². The number of hydrogen-bond donors (Lipinski definition) is 1. The molecule has 3 rings (SSSR count). The molecule has 6 heteroatoms. The van der Waals surface area contributed by atoms with Crippen molar-refractivity contribution >= 4 is 11.8 Å². The molecule has 1 fully saturated rings. The Labute approximate surface area is 171 Å². The standard InChI is InChI=1S/C23H28N2O4/c1-23(22(27)24-15-18-9-11-19(28-2)12-10-18)13-6-14-25(17-23)21(26)16-29-20-7-4-3-5-8-20/h3-5,7-12H,6,13-17H2,1-2H3,(H,24,27)/t23-/m1/s1. The molecular formula is C23H28N2O4. The summed E-state index contributed by atoms with van der Waals surface area (Å²) in [6, 6.07) is 16.9. The molecule has 1 aliphatic rings. The summed E-state index contributed by atoms with van der Waals surface area (Å²) in [5.41, 5.74) is 0.399. The lowest BCUT2D eigenvalue weighted by Crippen LogP contribution is -2.52. The number of ether oxygens (including phenoxy) is 2. The molecule has 0 spiro atoms. The fourth-order valence-electron chi connectivity index (χ4n) is 3.53. The van der Waals surface area contributed by atoms with Crippen LogP contribution in [0.1, 0.15) is 25.3 Å². The second kappa shape index (κ2) is 9.45. The first-order chi connectivity index (χ1) is 14.0. The summed E-state index contributed by atoms with van der Waals surface area (Å²) in [6.45, 7) is 3.40. The van der Waals surface area contributed by atoms with Crippen LogP contribution < -0.4 is 14.8 Å². The zero-order chi connectivity index (χ0) is 20.7. The SMILES string of the molecule is COc1ccc(CNC(=O)[C@]2(C)CCCN(C(=O)COc3ccccc3)C2)cc1. The van der Waals surface area contributed by atoms with Crippen molar-refractivity contribution in [3.8, 4) is 11.5 Å². The first kappa shape index (κ1) is 20.7. The topological polar surface area (TPSA) is 67.9 Å². The lowest BCUT2D eigenvalue weighted by Gasteiger charge is -2.39. The number of benzene rings is 2. The zero-order valence-electron chi connectivity index (χ0n) is 17.0. The number of nitrogens with one attached hydrogen (secondary N) is 1.